The van der Waals surface area contributed by atoms with Gasteiger partial charge in [-0.25, -0.2) is 4.79 Å². The monoisotopic (exact) mass is 651 g/mol. The molecule has 1 aromatic heterocycles. The molecule has 1 amide bonds. The molecule has 228 valence electrons. The Bertz CT molecular complexity index is 1460. The summed E-state index contributed by atoms with van der Waals surface area (Å²) in [6, 6.07) is 11.3. The zero-order valence-electron chi connectivity index (χ0n) is 22.9. The van der Waals surface area contributed by atoms with Crippen LogP contribution in [0.4, 0.5) is 8.78 Å². The first-order chi connectivity index (χ1) is 20.7. The Morgan fingerprint density at radius 1 is 1.09 bits per heavy atom. The average molecular weight is 653 g/mol. The van der Waals surface area contributed by atoms with Gasteiger partial charge in [0.15, 0.2) is 16.9 Å². The highest BCUT2D eigenvalue weighted by molar-refractivity contribution is 8.00. The molecular formula is C30H29Cl2F2N3O5S. The first-order valence-corrected chi connectivity index (χ1v) is 15.5. The summed E-state index contributed by atoms with van der Waals surface area (Å²) < 4.78 is 42.8. The first kappa shape index (κ1) is 31.3. The quantitative estimate of drug-likeness (QED) is 0.228. The number of alkyl halides is 2. The molecule has 1 aliphatic carbocycles. The second-order valence-electron chi connectivity index (χ2n) is 10.2. The number of carbonyl (C=O) groups is 2. The first-order valence-electron chi connectivity index (χ1n) is 13.6. The van der Waals surface area contributed by atoms with E-state index in [0.717, 1.165) is 18.4 Å². The number of benzene rings is 2. The molecule has 0 bridgehead atoms. The summed E-state index contributed by atoms with van der Waals surface area (Å²) in [5.41, 5.74) is 7.88. The van der Waals surface area contributed by atoms with E-state index in [0.29, 0.717) is 41.5 Å². The summed E-state index contributed by atoms with van der Waals surface area (Å²) in [5.74, 6) is -0.113. The number of nitrogens with two attached hydrogens (primary N) is 1. The van der Waals surface area contributed by atoms with Gasteiger partial charge < -0.3 is 24.8 Å². The number of pyridine rings is 1. The van der Waals surface area contributed by atoms with Crippen molar-refractivity contribution in [2.24, 2.45) is 11.7 Å². The van der Waals surface area contributed by atoms with Gasteiger partial charge >= 0.3 is 12.6 Å². The summed E-state index contributed by atoms with van der Waals surface area (Å²) in [6.45, 7) is -2.08. The Labute approximate surface area is 261 Å². The number of hydrogen-bond donors (Lipinski definition) is 1. The second kappa shape index (κ2) is 14.1. The number of ether oxygens (including phenoxy) is 3. The van der Waals surface area contributed by atoms with Gasteiger partial charge in [-0.05, 0) is 59.7 Å². The molecule has 5 rings (SSSR count). The third kappa shape index (κ3) is 7.89. The molecule has 1 saturated carbocycles. The van der Waals surface area contributed by atoms with Gasteiger partial charge in [0.25, 0.3) is 5.91 Å². The Kier molecular flexibility index (Phi) is 10.3. The fraction of sp³-hybridized carbons (Fsp3) is 0.367. The van der Waals surface area contributed by atoms with E-state index in [9.17, 15) is 18.4 Å². The van der Waals surface area contributed by atoms with E-state index >= 15 is 0 Å². The van der Waals surface area contributed by atoms with E-state index in [1.165, 1.54) is 47.3 Å². The van der Waals surface area contributed by atoms with Gasteiger partial charge in [0.2, 0.25) is 0 Å². The van der Waals surface area contributed by atoms with Crippen LogP contribution in [0, 0.1) is 5.92 Å². The van der Waals surface area contributed by atoms with Gasteiger partial charge in [-0.3, -0.25) is 9.78 Å². The van der Waals surface area contributed by atoms with Crippen LogP contribution in [0.3, 0.4) is 0 Å². The van der Waals surface area contributed by atoms with Gasteiger partial charge in [-0.1, -0.05) is 41.4 Å². The molecule has 2 aromatic carbocycles. The topological polar surface area (TPSA) is 104 Å². The molecule has 0 spiro atoms. The van der Waals surface area contributed by atoms with E-state index in [-0.39, 0.29) is 40.4 Å². The minimum absolute atomic E-state index is 0.0485. The van der Waals surface area contributed by atoms with Gasteiger partial charge in [0, 0.05) is 43.2 Å². The Morgan fingerprint density at radius 3 is 2.56 bits per heavy atom. The fourth-order valence-corrected chi connectivity index (χ4v) is 6.26. The lowest BCUT2D eigenvalue weighted by molar-refractivity contribution is -0.151. The van der Waals surface area contributed by atoms with Crippen LogP contribution in [0.2, 0.25) is 10.0 Å². The van der Waals surface area contributed by atoms with Gasteiger partial charge in [0.05, 0.1) is 16.7 Å². The molecular weight excluding hydrogens is 623 g/mol. The van der Waals surface area contributed by atoms with Crippen molar-refractivity contribution in [1.82, 2.24) is 9.88 Å². The molecule has 2 N–H and O–H groups in total. The van der Waals surface area contributed by atoms with Crippen molar-refractivity contribution >= 4 is 46.8 Å². The van der Waals surface area contributed by atoms with E-state index in [1.807, 2.05) is 6.07 Å². The second-order valence-corrected chi connectivity index (χ2v) is 12.2. The third-order valence-corrected chi connectivity index (χ3v) is 8.92. The number of carbonyl (C=O) groups excluding carboxylic acids is 2. The summed E-state index contributed by atoms with van der Waals surface area (Å²) in [5, 5.41) is -0.376. The molecule has 2 fully saturated rings. The minimum atomic E-state index is -3.05. The normalized spacial score (nSPS) is 17.2. The number of hydrogen-bond acceptors (Lipinski definition) is 8. The van der Waals surface area contributed by atoms with Crippen molar-refractivity contribution in [2.45, 2.75) is 43.9 Å². The molecule has 2 atom stereocenters. The molecule has 8 nitrogen and oxygen atoms in total. The summed E-state index contributed by atoms with van der Waals surface area (Å²) in [6.07, 6.45) is 3.92. The van der Waals surface area contributed by atoms with Crippen LogP contribution in [0.5, 0.6) is 11.5 Å². The summed E-state index contributed by atoms with van der Waals surface area (Å²) >= 11 is 14.1. The Balaban J connectivity index is 1.43. The van der Waals surface area contributed by atoms with Crippen molar-refractivity contribution in [3.05, 3.63) is 87.2 Å². The number of amides is 1. The molecule has 2 heterocycles. The predicted molar refractivity (Wildman–Crippen MR) is 160 cm³/mol. The highest BCUT2D eigenvalue weighted by Crippen LogP contribution is 2.39. The molecule has 43 heavy (non-hydrogen) atoms. The number of nitrogens with zero attached hydrogens (tertiary/aromatic N) is 2. The van der Waals surface area contributed by atoms with E-state index in [2.05, 4.69) is 9.72 Å². The summed E-state index contributed by atoms with van der Waals surface area (Å²) in [4.78, 5) is 32.5. The number of halogens is 4. The van der Waals surface area contributed by atoms with Gasteiger partial charge in [-0.15, -0.1) is 11.8 Å². The smallest absolute Gasteiger partial charge is 0.387 e. The SMILES string of the molecule is NCc1cccc(C(=O)N2CCS[C@H]2C(=O)O[C@@H](Cc2c(Cl)cncc2Cl)c2ccc(OC(F)F)c(OCC3CC3)c2)c1. The zero-order chi connectivity index (χ0) is 30.5. The van der Waals surface area contributed by atoms with Crippen LogP contribution in [0.1, 0.15) is 46.0 Å². The molecule has 1 aliphatic heterocycles. The molecule has 0 unspecified atom stereocenters. The molecule has 3 aromatic rings. The lowest BCUT2D eigenvalue weighted by atomic mass is 10.0. The number of esters is 1. The predicted octanol–water partition coefficient (Wildman–Crippen LogP) is 6.28. The Morgan fingerprint density at radius 2 is 1.86 bits per heavy atom. The van der Waals surface area contributed by atoms with Crippen LogP contribution < -0.4 is 15.2 Å². The van der Waals surface area contributed by atoms with Gasteiger partial charge in [0.1, 0.15) is 6.10 Å². The molecule has 13 heteroatoms. The van der Waals surface area contributed by atoms with Crippen molar-refractivity contribution in [3.63, 3.8) is 0 Å². The highest BCUT2D eigenvalue weighted by Gasteiger charge is 2.38. The molecule has 0 radical (unpaired) electrons. The van der Waals surface area contributed by atoms with E-state index in [1.54, 1.807) is 18.2 Å². The number of rotatable bonds is 12. The third-order valence-electron chi connectivity index (χ3n) is 7.09. The number of aromatic nitrogens is 1. The standard InChI is InChI=1S/C30H29Cl2F2N3O5S/c31-22-14-36-15-23(32)21(22)12-25(19-6-7-24(42-30(33)34)26(11-19)40-16-17-4-5-17)41-29(39)28-37(8-9-43-28)27(38)20-3-1-2-18(10-20)13-35/h1-3,6-7,10-11,14-15,17,25,28,30H,4-5,8-9,12-13,16,35H2/t25-,28-/m0/s1. The lowest BCUT2D eigenvalue weighted by Gasteiger charge is -2.26. The number of thioether (sulfide) groups is 1. The van der Waals surface area contributed by atoms with Crippen molar-refractivity contribution < 1.29 is 32.6 Å². The lowest BCUT2D eigenvalue weighted by Crippen LogP contribution is -2.40. The van der Waals surface area contributed by atoms with Crippen LogP contribution >= 0.6 is 35.0 Å². The van der Waals surface area contributed by atoms with E-state index < -0.39 is 24.1 Å². The summed E-state index contributed by atoms with van der Waals surface area (Å²) in [7, 11) is 0. The van der Waals surface area contributed by atoms with Crippen molar-refractivity contribution in [1.29, 1.82) is 0 Å². The maximum Gasteiger partial charge on any atom is 0.387 e. The zero-order valence-corrected chi connectivity index (χ0v) is 25.2. The van der Waals surface area contributed by atoms with Crippen LogP contribution in [0.25, 0.3) is 0 Å². The molecule has 2 aliphatic rings. The van der Waals surface area contributed by atoms with Crippen LogP contribution in [-0.2, 0) is 22.5 Å². The Hall–Kier alpha value is -3.12. The maximum atomic E-state index is 13.7. The van der Waals surface area contributed by atoms with Gasteiger partial charge in [-0.2, -0.15) is 8.78 Å². The minimum Gasteiger partial charge on any atom is -0.489 e. The van der Waals surface area contributed by atoms with E-state index in [4.69, 9.17) is 38.4 Å². The average Bonchev–Trinajstić information content (AvgIpc) is 3.70. The largest absolute Gasteiger partial charge is 0.489 e. The van der Waals surface area contributed by atoms with Crippen LogP contribution in [0.15, 0.2) is 54.9 Å². The van der Waals surface area contributed by atoms with Crippen molar-refractivity contribution in [3.8, 4) is 11.5 Å². The maximum absolute atomic E-state index is 13.7. The highest BCUT2D eigenvalue weighted by atomic mass is 35.5. The van der Waals surface area contributed by atoms with Crippen molar-refractivity contribution in [2.75, 3.05) is 18.9 Å². The molecule has 1 saturated heterocycles. The fourth-order valence-electron chi connectivity index (χ4n) is 4.64. The van der Waals surface area contributed by atoms with Crippen LogP contribution in [-0.4, -0.2) is 52.7 Å².